The van der Waals surface area contributed by atoms with Gasteiger partial charge in [0.15, 0.2) is 0 Å². The Morgan fingerprint density at radius 3 is 2.37 bits per heavy atom. The summed E-state index contributed by atoms with van der Waals surface area (Å²) in [4.78, 5) is 25.5. The van der Waals surface area contributed by atoms with Crippen LogP contribution in [0.2, 0.25) is 0 Å². The molecule has 1 aromatic heterocycles. The summed E-state index contributed by atoms with van der Waals surface area (Å²) in [6, 6.07) is 13.9. The normalized spacial score (nSPS) is 15.1. The summed E-state index contributed by atoms with van der Waals surface area (Å²) in [5, 5.41) is 20.0. The number of anilines is 1. The van der Waals surface area contributed by atoms with Crippen molar-refractivity contribution in [3.8, 4) is 11.5 Å². The number of phenols is 2. The van der Waals surface area contributed by atoms with Gasteiger partial charge in [0.1, 0.15) is 17.3 Å². The highest BCUT2D eigenvalue weighted by molar-refractivity contribution is 5.78. The predicted octanol–water partition coefficient (Wildman–Crippen LogP) is 2.76. The van der Waals surface area contributed by atoms with E-state index >= 15 is 0 Å². The Labute approximate surface area is 175 Å². The number of benzene rings is 2. The van der Waals surface area contributed by atoms with E-state index in [4.69, 9.17) is 0 Å². The number of rotatable bonds is 5. The van der Waals surface area contributed by atoms with Gasteiger partial charge in [0, 0.05) is 56.5 Å². The molecule has 1 aliphatic rings. The standard InChI is InChI=1S/C23H24N4O3/c28-18-7-5-17(6-8-18)20(19-3-1-2-4-21(19)29)15-23(30)27-13-11-26(12-14-27)22-16-24-9-10-25-22/h1-10,16,20,28-29H,11-15H2. The lowest BCUT2D eigenvalue weighted by Crippen LogP contribution is -2.49. The molecule has 7 heteroatoms. The molecular weight excluding hydrogens is 380 g/mol. The van der Waals surface area contributed by atoms with Gasteiger partial charge < -0.3 is 20.0 Å². The van der Waals surface area contributed by atoms with Crippen LogP contribution in [0.25, 0.3) is 0 Å². The molecule has 3 aromatic rings. The number of hydrogen-bond donors (Lipinski definition) is 2. The van der Waals surface area contributed by atoms with Gasteiger partial charge >= 0.3 is 0 Å². The van der Waals surface area contributed by atoms with Crippen molar-refractivity contribution in [1.29, 1.82) is 0 Å². The van der Waals surface area contributed by atoms with Crippen molar-refractivity contribution in [2.75, 3.05) is 31.1 Å². The second kappa shape index (κ2) is 8.82. The van der Waals surface area contributed by atoms with Crippen molar-refractivity contribution in [3.05, 3.63) is 78.2 Å². The molecule has 1 atom stereocenters. The van der Waals surface area contributed by atoms with Crippen LogP contribution in [0.15, 0.2) is 67.1 Å². The highest BCUT2D eigenvalue weighted by Crippen LogP contribution is 2.35. The van der Waals surface area contributed by atoms with E-state index in [0.29, 0.717) is 31.7 Å². The molecule has 1 aliphatic heterocycles. The van der Waals surface area contributed by atoms with Gasteiger partial charge in [-0.2, -0.15) is 0 Å². The number of phenolic OH excluding ortho intramolecular Hbond substituents is 2. The van der Waals surface area contributed by atoms with Gasteiger partial charge in [-0.25, -0.2) is 4.98 Å². The summed E-state index contributed by atoms with van der Waals surface area (Å²) >= 11 is 0. The van der Waals surface area contributed by atoms with Crippen LogP contribution in [0.3, 0.4) is 0 Å². The quantitative estimate of drug-likeness (QED) is 0.680. The number of aromatic hydroxyl groups is 2. The fourth-order valence-corrected chi connectivity index (χ4v) is 3.84. The van der Waals surface area contributed by atoms with Crippen molar-refractivity contribution in [3.63, 3.8) is 0 Å². The molecule has 1 unspecified atom stereocenters. The first-order valence-corrected chi connectivity index (χ1v) is 9.97. The van der Waals surface area contributed by atoms with E-state index < -0.39 is 0 Å². The summed E-state index contributed by atoms with van der Waals surface area (Å²) < 4.78 is 0. The van der Waals surface area contributed by atoms with Crippen molar-refractivity contribution in [2.24, 2.45) is 0 Å². The Hall–Kier alpha value is -3.61. The summed E-state index contributed by atoms with van der Waals surface area (Å²) in [6.45, 7) is 2.62. The fraction of sp³-hybridized carbons (Fsp3) is 0.261. The number of nitrogens with zero attached hydrogens (tertiary/aromatic N) is 4. The number of aromatic nitrogens is 2. The van der Waals surface area contributed by atoms with Gasteiger partial charge in [0.05, 0.1) is 6.20 Å². The van der Waals surface area contributed by atoms with Crippen molar-refractivity contribution >= 4 is 11.7 Å². The maximum absolute atomic E-state index is 13.1. The Morgan fingerprint density at radius 1 is 0.967 bits per heavy atom. The molecule has 0 aliphatic carbocycles. The minimum atomic E-state index is -0.294. The zero-order valence-electron chi connectivity index (χ0n) is 16.6. The van der Waals surface area contributed by atoms with E-state index in [-0.39, 0.29) is 29.7 Å². The Morgan fingerprint density at radius 2 is 1.70 bits per heavy atom. The van der Waals surface area contributed by atoms with Gasteiger partial charge in [-0.15, -0.1) is 0 Å². The molecule has 30 heavy (non-hydrogen) atoms. The number of hydrogen-bond acceptors (Lipinski definition) is 6. The van der Waals surface area contributed by atoms with Crippen molar-refractivity contribution in [2.45, 2.75) is 12.3 Å². The molecule has 0 saturated carbocycles. The molecule has 2 heterocycles. The van der Waals surface area contributed by atoms with Crippen LogP contribution in [0.1, 0.15) is 23.5 Å². The lowest BCUT2D eigenvalue weighted by Gasteiger charge is -2.36. The molecule has 1 saturated heterocycles. The summed E-state index contributed by atoms with van der Waals surface area (Å²) in [7, 11) is 0. The van der Waals surface area contributed by atoms with Gasteiger partial charge in [0.25, 0.3) is 0 Å². The minimum absolute atomic E-state index is 0.0372. The van der Waals surface area contributed by atoms with Crippen molar-refractivity contribution < 1.29 is 15.0 Å². The lowest BCUT2D eigenvalue weighted by molar-refractivity contribution is -0.131. The Bertz CT molecular complexity index is 987. The van der Waals surface area contributed by atoms with Crippen LogP contribution >= 0.6 is 0 Å². The van der Waals surface area contributed by atoms with Crippen LogP contribution in [0.5, 0.6) is 11.5 Å². The van der Waals surface area contributed by atoms with Gasteiger partial charge in [0.2, 0.25) is 5.91 Å². The molecule has 4 rings (SSSR count). The van der Waals surface area contributed by atoms with Gasteiger partial charge in [-0.1, -0.05) is 30.3 Å². The van der Waals surface area contributed by atoms with E-state index in [9.17, 15) is 15.0 Å². The SMILES string of the molecule is O=C(CC(c1ccc(O)cc1)c1ccccc1O)N1CCN(c2cnccn2)CC1. The first-order chi connectivity index (χ1) is 14.6. The van der Waals surface area contributed by atoms with E-state index in [1.807, 2.05) is 17.0 Å². The van der Waals surface area contributed by atoms with Crippen LogP contribution in [-0.4, -0.2) is 57.2 Å². The second-order valence-electron chi connectivity index (χ2n) is 7.34. The van der Waals surface area contributed by atoms with E-state index in [1.165, 1.54) is 0 Å². The molecule has 0 radical (unpaired) electrons. The summed E-state index contributed by atoms with van der Waals surface area (Å²) in [6.07, 6.45) is 5.29. The monoisotopic (exact) mass is 404 g/mol. The van der Waals surface area contributed by atoms with E-state index in [0.717, 1.165) is 11.4 Å². The second-order valence-corrected chi connectivity index (χ2v) is 7.34. The predicted molar refractivity (Wildman–Crippen MR) is 113 cm³/mol. The van der Waals surface area contributed by atoms with Crippen molar-refractivity contribution in [1.82, 2.24) is 14.9 Å². The molecule has 1 amide bonds. The smallest absolute Gasteiger partial charge is 0.223 e. The van der Waals surface area contributed by atoms with E-state index in [1.54, 1.807) is 55.0 Å². The number of piperazine rings is 1. The van der Waals surface area contributed by atoms with Crippen LogP contribution < -0.4 is 4.90 Å². The van der Waals surface area contributed by atoms with E-state index in [2.05, 4.69) is 14.9 Å². The molecule has 2 N–H and O–H groups in total. The van der Waals surface area contributed by atoms with Gasteiger partial charge in [-0.05, 0) is 23.8 Å². The first-order valence-electron chi connectivity index (χ1n) is 9.97. The number of para-hydroxylation sites is 1. The molecule has 154 valence electrons. The maximum atomic E-state index is 13.1. The van der Waals surface area contributed by atoms with Crippen LogP contribution in [0, 0.1) is 0 Å². The molecule has 0 spiro atoms. The Kier molecular flexibility index (Phi) is 5.79. The van der Waals surface area contributed by atoms with Crippen LogP contribution in [-0.2, 0) is 4.79 Å². The topological polar surface area (TPSA) is 89.8 Å². The molecule has 0 bridgehead atoms. The largest absolute Gasteiger partial charge is 0.508 e. The summed E-state index contributed by atoms with van der Waals surface area (Å²) in [5.41, 5.74) is 1.58. The number of carbonyl (C=O) groups is 1. The average Bonchev–Trinajstić information content (AvgIpc) is 2.79. The highest BCUT2D eigenvalue weighted by atomic mass is 16.3. The van der Waals surface area contributed by atoms with Gasteiger partial charge in [-0.3, -0.25) is 9.78 Å². The number of carbonyl (C=O) groups excluding carboxylic acids is 1. The molecular formula is C23H24N4O3. The highest BCUT2D eigenvalue weighted by Gasteiger charge is 2.27. The third-order valence-corrected chi connectivity index (χ3v) is 5.49. The minimum Gasteiger partial charge on any atom is -0.508 e. The first kappa shape index (κ1) is 19.7. The molecule has 2 aromatic carbocycles. The molecule has 7 nitrogen and oxygen atoms in total. The zero-order chi connectivity index (χ0) is 20.9. The fourth-order valence-electron chi connectivity index (χ4n) is 3.84. The lowest BCUT2D eigenvalue weighted by atomic mass is 9.87. The third-order valence-electron chi connectivity index (χ3n) is 5.49. The third kappa shape index (κ3) is 4.35. The maximum Gasteiger partial charge on any atom is 0.223 e. The van der Waals surface area contributed by atoms with Crippen LogP contribution in [0.4, 0.5) is 5.82 Å². The zero-order valence-corrected chi connectivity index (χ0v) is 16.6. The average molecular weight is 404 g/mol. The Balaban J connectivity index is 1.48. The number of amides is 1. The summed E-state index contributed by atoms with van der Waals surface area (Å²) in [5.74, 6) is 0.894. The molecule has 1 fully saturated rings.